The van der Waals surface area contributed by atoms with Crippen LogP contribution in [-0.4, -0.2) is 18.1 Å². The predicted octanol–water partition coefficient (Wildman–Crippen LogP) is 0.823. The largest absolute Gasteiger partial charge is 0.363 e. The summed E-state index contributed by atoms with van der Waals surface area (Å²) in [7, 11) is 0. The van der Waals surface area contributed by atoms with E-state index in [1.807, 2.05) is 0 Å². The van der Waals surface area contributed by atoms with Gasteiger partial charge in [-0.05, 0) is 0 Å². The normalized spacial score (nSPS) is 9.09. The Bertz CT molecular complexity index is 231. The van der Waals surface area contributed by atoms with Crippen molar-refractivity contribution in [2.45, 2.75) is 0 Å². The number of nitrogens with zero attached hydrogens (tertiary/aromatic N) is 2. The Hall–Kier alpha value is -1.58. The number of hydrogen-bond acceptors (Lipinski definition) is 3. The summed E-state index contributed by atoms with van der Waals surface area (Å²) in [5, 5.41) is 3.58. The zero-order valence-electron chi connectivity index (χ0n) is 5.93. The van der Waals surface area contributed by atoms with Crippen LogP contribution >= 0.6 is 0 Å². The van der Waals surface area contributed by atoms with Crippen molar-refractivity contribution in [3.05, 3.63) is 25.0 Å². The number of rotatable bonds is 4. The highest BCUT2D eigenvalue weighted by atomic mass is 16.5. The van der Waals surface area contributed by atoms with E-state index in [0.717, 1.165) is 0 Å². The number of carbonyl (C=O) groups is 1. The van der Waals surface area contributed by atoms with Crippen LogP contribution < -0.4 is 4.90 Å². The molecule has 11 heavy (non-hydrogen) atoms. The Morgan fingerprint density at radius 1 is 1.82 bits per heavy atom. The van der Waals surface area contributed by atoms with Gasteiger partial charge >= 0.3 is 0 Å². The lowest BCUT2D eigenvalue weighted by Gasteiger charge is -2.08. The molecule has 0 saturated carbocycles. The van der Waals surface area contributed by atoms with E-state index >= 15 is 0 Å². The monoisotopic (exact) mass is 152 g/mol. The minimum atomic E-state index is 0.441. The molecule has 0 bridgehead atoms. The standard InChI is InChI=1S/C7H8N2O2/c1-2-4-9(6-10)7-3-5-11-8-7/h2-3,5-6H,1,4H2. The number of amides is 1. The minimum absolute atomic E-state index is 0.441. The Labute approximate surface area is 64.1 Å². The van der Waals surface area contributed by atoms with Crippen LogP contribution in [-0.2, 0) is 4.79 Å². The van der Waals surface area contributed by atoms with Gasteiger partial charge in [-0.2, -0.15) is 0 Å². The van der Waals surface area contributed by atoms with Gasteiger partial charge in [-0.3, -0.25) is 9.69 Å². The molecule has 0 fully saturated rings. The molecule has 0 saturated heterocycles. The molecule has 0 spiro atoms. The molecule has 0 atom stereocenters. The molecule has 0 radical (unpaired) electrons. The lowest BCUT2D eigenvalue weighted by Crippen LogP contribution is -2.20. The maximum absolute atomic E-state index is 10.4. The summed E-state index contributed by atoms with van der Waals surface area (Å²) < 4.78 is 4.56. The Morgan fingerprint density at radius 3 is 3.09 bits per heavy atom. The number of carbonyl (C=O) groups excluding carboxylic acids is 1. The van der Waals surface area contributed by atoms with Crippen LogP contribution in [0.25, 0.3) is 0 Å². The van der Waals surface area contributed by atoms with Crippen LogP contribution in [0.4, 0.5) is 5.82 Å². The summed E-state index contributed by atoms with van der Waals surface area (Å²) in [4.78, 5) is 11.8. The molecule has 1 aromatic heterocycles. The SMILES string of the molecule is C=CCN(C=O)c1ccon1. The van der Waals surface area contributed by atoms with Crippen molar-refractivity contribution in [1.29, 1.82) is 0 Å². The van der Waals surface area contributed by atoms with Crippen molar-refractivity contribution < 1.29 is 9.32 Å². The molecule has 4 heteroatoms. The third-order valence-electron chi connectivity index (χ3n) is 1.17. The molecule has 58 valence electrons. The fourth-order valence-corrected chi connectivity index (χ4v) is 0.684. The molecule has 0 N–H and O–H groups in total. The second-order valence-corrected chi connectivity index (χ2v) is 1.90. The number of aromatic nitrogens is 1. The van der Waals surface area contributed by atoms with Crippen molar-refractivity contribution in [2.24, 2.45) is 0 Å². The maximum Gasteiger partial charge on any atom is 0.215 e. The highest BCUT2D eigenvalue weighted by Crippen LogP contribution is 2.06. The lowest BCUT2D eigenvalue weighted by molar-refractivity contribution is -0.107. The first kappa shape index (κ1) is 7.53. The lowest BCUT2D eigenvalue weighted by atomic mass is 10.5. The summed E-state index contributed by atoms with van der Waals surface area (Å²) in [6, 6.07) is 1.61. The average Bonchev–Trinajstić information content (AvgIpc) is 2.52. The van der Waals surface area contributed by atoms with Gasteiger partial charge in [0.2, 0.25) is 6.41 Å². The van der Waals surface area contributed by atoms with Crippen LogP contribution in [0.2, 0.25) is 0 Å². The minimum Gasteiger partial charge on any atom is -0.363 e. The van der Waals surface area contributed by atoms with Crippen molar-refractivity contribution in [3.63, 3.8) is 0 Å². The molecular formula is C7H8N2O2. The van der Waals surface area contributed by atoms with E-state index in [0.29, 0.717) is 18.8 Å². The molecule has 1 rings (SSSR count). The molecule has 0 aliphatic carbocycles. The van der Waals surface area contributed by atoms with E-state index in [9.17, 15) is 4.79 Å². The average molecular weight is 152 g/mol. The highest BCUT2D eigenvalue weighted by Gasteiger charge is 2.04. The summed E-state index contributed by atoms with van der Waals surface area (Å²) in [6.07, 6.45) is 3.71. The Kier molecular flexibility index (Phi) is 2.43. The first-order valence-corrected chi connectivity index (χ1v) is 3.11. The third-order valence-corrected chi connectivity index (χ3v) is 1.17. The fraction of sp³-hybridized carbons (Fsp3) is 0.143. The molecule has 0 aliphatic rings. The number of anilines is 1. The smallest absolute Gasteiger partial charge is 0.215 e. The van der Waals surface area contributed by atoms with E-state index in [2.05, 4.69) is 16.3 Å². The van der Waals surface area contributed by atoms with Crippen LogP contribution in [0.15, 0.2) is 29.5 Å². The van der Waals surface area contributed by atoms with Gasteiger partial charge in [0, 0.05) is 12.6 Å². The Balaban J connectivity index is 2.70. The molecule has 1 amide bonds. The molecule has 1 aromatic rings. The molecule has 0 aliphatic heterocycles. The third kappa shape index (κ3) is 1.67. The second kappa shape index (κ2) is 3.55. The van der Waals surface area contributed by atoms with Crippen molar-refractivity contribution >= 4 is 12.2 Å². The van der Waals surface area contributed by atoms with Gasteiger partial charge in [0.05, 0.1) is 0 Å². The molecule has 0 aromatic carbocycles. The highest BCUT2D eigenvalue weighted by molar-refractivity contribution is 5.72. The van der Waals surface area contributed by atoms with E-state index in [-0.39, 0.29) is 0 Å². The van der Waals surface area contributed by atoms with Gasteiger partial charge in [0.25, 0.3) is 0 Å². The van der Waals surface area contributed by atoms with Crippen LogP contribution in [0.1, 0.15) is 0 Å². The van der Waals surface area contributed by atoms with Crippen molar-refractivity contribution in [3.8, 4) is 0 Å². The van der Waals surface area contributed by atoms with Crippen molar-refractivity contribution in [1.82, 2.24) is 5.16 Å². The van der Waals surface area contributed by atoms with Gasteiger partial charge in [-0.25, -0.2) is 0 Å². The Morgan fingerprint density at radius 2 is 2.64 bits per heavy atom. The number of hydrogen-bond donors (Lipinski definition) is 0. The maximum atomic E-state index is 10.4. The van der Waals surface area contributed by atoms with Crippen molar-refractivity contribution in [2.75, 3.05) is 11.4 Å². The first-order valence-electron chi connectivity index (χ1n) is 3.11. The first-order chi connectivity index (χ1) is 5.38. The molecule has 0 unspecified atom stereocenters. The van der Waals surface area contributed by atoms with Crippen LogP contribution in [0.5, 0.6) is 0 Å². The van der Waals surface area contributed by atoms with Gasteiger partial charge in [0.15, 0.2) is 5.82 Å². The molecule has 1 heterocycles. The summed E-state index contributed by atoms with van der Waals surface area (Å²) in [5.74, 6) is 0.500. The van der Waals surface area contributed by atoms with E-state index in [1.165, 1.54) is 11.2 Å². The summed E-state index contributed by atoms with van der Waals surface area (Å²) in [5.41, 5.74) is 0. The molecule has 4 nitrogen and oxygen atoms in total. The summed E-state index contributed by atoms with van der Waals surface area (Å²) >= 11 is 0. The second-order valence-electron chi connectivity index (χ2n) is 1.90. The summed E-state index contributed by atoms with van der Waals surface area (Å²) in [6.45, 7) is 3.94. The molecular weight excluding hydrogens is 144 g/mol. The topological polar surface area (TPSA) is 46.3 Å². The quantitative estimate of drug-likeness (QED) is 0.474. The van der Waals surface area contributed by atoms with Crippen LogP contribution in [0.3, 0.4) is 0 Å². The van der Waals surface area contributed by atoms with E-state index in [1.54, 1.807) is 12.1 Å². The van der Waals surface area contributed by atoms with Crippen LogP contribution in [0, 0.1) is 0 Å². The van der Waals surface area contributed by atoms with Gasteiger partial charge in [0.1, 0.15) is 6.26 Å². The van der Waals surface area contributed by atoms with Gasteiger partial charge < -0.3 is 4.52 Å². The van der Waals surface area contributed by atoms with Gasteiger partial charge in [-0.1, -0.05) is 11.2 Å². The van der Waals surface area contributed by atoms with Gasteiger partial charge in [-0.15, -0.1) is 6.58 Å². The van der Waals surface area contributed by atoms with E-state index in [4.69, 9.17) is 0 Å². The van der Waals surface area contributed by atoms with E-state index < -0.39 is 0 Å². The fourth-order valence-electron chi connectivity index (χ4n) is 0.684. The zero-order chi connectivity index (χ0) is 8.10. The zero-order valence-corrected chi connectivity index (χ0v) is 5.93. The predicted molar refractivity (Wildman–Crippen MR) is 40.1 cm³/mol.